The van der Waals surface area contributed by atoms with Gasteiger partial charge in [-0.05, 0) is 36.1 Å². The van der Waals surface area contributed by atoms with Crippen LogP contribution < -0.4 is 9.47 Å². The van der Waals surface area contributed by atoms with Crippen molar-refractivity contribution in [3.8, 4) is 11.5 Å². The highest BCUT2D eigenvalue weighted by atomic mass is 16.5. The summed E-state index contributed by atoms with van der Waals surface area (Å²) in [4.78, 5) is 0. The number of hydrogen-bond donors (Lipinski definition) is 1. The van der Waals surface area contributed by atoms with Gasteiger partial charge in [0.1, 0.15) is 30.8 Å². The molecular formula is C21H24O3. The van der Waals surface area contributed by atoms with Crippen molar-refractivity contribution in [3.63, 3.8) is 0 Å². The van der Waals surface area contributed by atoms with E-state index in [1.165, 1.54) is 0 Å². The van der Waals surface area contributed by atoms with Gasteiger partial charge >= 0.3 is 0 Å². The Morgan fingerprint density at radius 3 is 1.62 bits per heavy atom. The monoisotopic (exact) mass is 324 g/mol. The summed E-state index contributed by atoms with van der Waals surface area (Å²) in [6.45, 7) is 7.85. The maximum atomic E-state index is 10.1. The molecule has 2 aromatic rings. The summed E-state index contributed by atoms with van der Waals surface area (Å²) in [5.41, 5.74) is 2.11. The van der Waals surface area contributed by atoms with E-state index in [1.54, 1.807) is 0 Å². The fraction of sp³-hybridized carbons (Fsp3) is 0.238. The minimum atomic E-state index is -0.710. The van der Waals surface area contributed by atoms with Crippen LogP contribution in [-0.4, -0.2) is 24.4 Å². The Labute approximate surface area is 143 Å². The molecule has 0 aliphatic heterocycles. The molecule has 0 spiro atoms. The Kier molecular flexibility index (Phi) is 7.12. The molecule has 0 saturated heterocycles. The Hall–Kier alpha value is -2.52. The van der Waals surface area contributed by atoms with E-state index in [4.69, 9.17) is 9.47 Å². The number of aliphatic hydroxyl groups excluding tert-OH is 1. The average Bonchev–Trinajstić information content (AvgIpc) is 2.61. The number of ether oxygens (including phenoxy) is 2. The summed E-state index contributed by atoms with van der Waals surface area (Å²) in [6.07, 6.45) is 4.42. The van der Waals surface area contributed by atoms with Crippen LogP contribution in [-0.2, 0) is 12.8 Å². The third-order valence-electron chi connectivity index (χ3n) is 3.54. The predicted octanol–water partition coefficient (Wildman–Crippen LogP) is 3.96. The van der Waals surface area contributed by atoms with Gasteiger partial charge in [0.2, 0.25) is 0 Å². The molecule has 2 aromatic carbocycles. The standard InChI is InChI=1S/C21H24O3/c1-3-9-17-11-5-7-13-20(17)23-15-19(22)16-24-21-14-8-6-12-18(21)10-4-2/h3-8,11-14,19,22H,1-2,9-10,15-16H2. The highest BCUT2D eigenvalue weighted by molar-refractivity contribution is 5.35. The van der Waals surface area contributed by atoms with Gasteiger partial charge in [0.05, 0.1) is 0 Å². The molecule has 0 amide bonds. The SMILES string of the molecule is C=CCc1ccccc1OCC(O)COc1ccccc1CC=C. The first kappa shape index (κ1) is 17.8. The molecule has 0 aliphatic carbocycles. The van der Waals surface area contributed by atoms with Crippen LogP contribution in [0, 0.1) is 0 Å². The van der Waals surface area contributed by atoms with Crippen LogP contribution in [0.1, 0.15) is 11.1 Å². The molecule has 0 aromatic heterocycles. The van der Waals surface area contributed by atoms with Gasteiger partial charge in [-0.2, -0.15) is 0 Å². The van der Waals surface area contributed by atoms with Crippen molar-refractivity contribution in [1.29, 1.82) is 0 Å². The van der Waals surface area contributed by atoms with E-state index in [2.05, 4.69) is 13.2 Å². The lowest BCUT2D eigenvalue weighted by Gasteiger charge is -2.16. The Morgan fingerprint density at radius 2 is 1.21 bits per heavy atom. The number of allylic oxidation sites excluding steroid dienone is 2. The molecule has 1 N–H and O–H groups in total. The lowest BCUT2D eigenvalue weighted by Crippen LogP contribution is -2.25. The Balaban J connectivity index is 1.87. The second-order valence-corrected chi connectivity index (χ2v) is 5.48. The smallest absolute Gasteiger partial charge is 0.122 e. The van der Waals surface area contributed by atoms with Gasteiger partial charge < -0.3 is 14.6 Å². The van der Waals surface area contributed by atoms with Crippen molar-refractivity contribution >= 4 is 0 Å². The van der Waals surface area contributed by atoms with E-state index < -0.39 is 6.10 Å². The molecular weight excluding hydrogens is 300 g/mol. The van der Waals surface area contributed by atoms with Gasteiger partial charge in [0, 0.05) is 0 Å². The second kappa shape index (κ2) is 9.58. The third kappa shape index (κ3) is 5.28. The molecule has 0 fully saturated rings. The summed E-state index contributed by atoms with van der Waals surface area (Å²) < 4.78 is 11.4. The first-order chi connectivity index (χ1) is 11.7. The van der Waals surface area contributed by atoms with Gasteiger partial charge in [-0.15, -0.1) is 13.2 Å². The normalized spacial score (nSPS) is 10.4. The van der Waals surface area contributed by atoms with Crippen LogP contribution in [0.25, 0.3) is 0 Å². The summed E-state index contributed by atoms with van der Waals surface area (Å²) in [5.74, 6) is 1.53. The largest absolute Gasteiger partial charge is 0.490 e. The number of benzene rings is 2. The molecule has 0 unspecified atom stereocenters. The van der Waals surface area contributed by atoms with E-state index in [0.717, 1.165) is 35.5 Å². The van der Waals surface area contributed by atoms with Crippen molar-refractivity contribution in [2.45, 2.75) is 18.9 Å². The van der Waals surface area contributed by atoms with Gasteiger partial charge in [0.25, 0.3) is 0 Å². The molecule has 3 heteroatoms. The van der Waals surface area contributed by atoms with Crippen LogP contribution in [0.5, 0.6) is 11.5 Å². The molecule has 0 aliphatic rings. The van der Waals surface area contributed by atoms with Crippen molar-refractivity contribution in [1.82, 2.24) is 0 Å². The molecule has 0 radical (unpaired) electrons. The van der Waals surface area contributed by atoms with Crippen molar-refractivity contribution < 1.29 is 14.6 Å². The zero-order valence-corrected chi connectivity index (χ0v) is 13.9. The summed E-state index contributed by atoms with van der Waals surface area (Å²) in [5, 5.41) is 10.1. The molecule has 126 valence electrons. The van der Waals surface area contributed by atoms with Crippen LogP contribution in [0.15, 0.2) is 73.8 Å². The first-order valence-electron chi connectivity index (χ1n) is 8.06. The van der Waals surface area contributed by atoms with Gasteiger partial charge in [0.15, 0.2) is 0 Å². The van der Waals surface area contributed by atoms with Crippen molar-refractivity contribution in [3.05, 3.63) is 85.0 Å². The van der Waals surface area contributed by atoms with Crippen LogP contribution >= 0.6 is 0 Å². The molecule has 24 heavy (non-hydrogen) atoms. The van der Waals surface area contributed by atoms with E-state index in [0.29, 0.717) is 0 Å². The number of hydrogen-bond acceptors (Lipinski definition) is 3. The second-order valence-electron chi connectivity index (χ2n) is 5.48. The van der Waals surface area contributed by atoms with Crippen molar-refractivity contribution in [2.75, 3.05) is 13.2 Å². The topological polar surface area (TPSA) is 38.7 Å². The molecule has 0 atom stereocenters. The highest BCUT2D eigenvalue weighted by Gasteiger charge is 2.10. The van der Waals surface area contributed by atoms with Crippen LogP contribution in [0.2, 0.25) is 0 Å². The average molecular weight is 324 g/mol. The van der Waals surface area contributed by atoms with Gasteiger partial charge in [-0.3, -0.25) is 0 Å². The van der Waals surface area contributed by atoms with Gasteiger partial charge in [-0.25, -0.2) is 0 Å². The predicted molar refractivity (Wildman–Crippen MR) is 97.7 cm³/mol. The van der Waals surface area contributed by atoms with E-state index in [1.807, 2.05) is 60.7 Å². The zero-order chi connectivity index (χ0) is 17.2. The summed E-state index contributed by atoms with van der Waals surface area (Å²) in [7, 11) is 0. The molecule has 0 saturated carbocycles. The molecule has 0 bridgehead atoms. The maximum absolute atomic E-state index is 10.1. The molecule has 0 heterocycles. The van der Waals surface area contributed by atoms with Crippen molar-refractivity contribution in [2.24, 2.45) is 0 Å². The van der Waals surface area contributed by atoms with Gasteiger partial charge in [-0.1, -0.05) is 48.6 Å². The fourth-order valence-corrected chi connectivity index (χ4v) is 2.36. The quantitative estimate of drug-likeness (QED) is 0.672. The third-order valence-corrected chi connectivity index (χ3v) is 3.54. The maximum Gasteiger partial charge on any atom is 0.122 e. The lowest BCUT2D eigenvalue weighted by molar-refractivity contribution is 0.0621. The van der Waals surface area contributed by atoms with E-state index >= 15 is 0 Å². The lowest BCUT2D eigenvalue weighted by atomic mass is 10.1. The summed E-state index contributed by atoms with van der Waals surface area (Å²) >= 11 is 0. The Bertz CT molecular complexity index is 606. The van der Waals surface area contributed by atoms with Crippen LogP contribution in [0.3, 0.4) is 0 Å². The zero-order valence-electron chi connectivity index (χ0n) is 13.9. The number of aliphatic hydroxyl groups is 1. The molecule has 2 rings (SSSR count). The van der Waals surface area contributed by atoms with Crippen LogP contribution in [0.4, 0.5) is 0 Å². The van der Waals surface area contributed by atoms with E-state index in [-0.39, 0.29) is 13.2 Å². The minimum absolute atomic E-state index is 0.178. The minimum Gasteiger partial charge on any atom is -0.490 e. The van der Waals surface area contributed by atoms with E-state index in [9.17, 15) is 5.11 Å². The summed E-state index contributed by atoms with van der Waals surface area (Å²) in [6, 6.07) is 15.5. The highest BCUT2D eigenvalue weighted by Crippen LogP contribution is 2.20. The number of para-hydroxylation sites is 2. The molecule has 3 nitrogen and oxygen atoms in total. The fourth-order valence-electron chi connectivity index (χ4n) is 2.36. The first-order valence-corrected chi connectivity index (χ1v) is 8.06. The number of rotatable bonds is 10. The Morgan fingerprint density at radius 1 is 0.792 bits per heavy atom.